The maximum atomic E-state index is 12.7. The summed E-state index contributed by atoms with van der Waals surface area (Å²) in [6.07, 6.45) is 3.18. The Balaban J connectivity index is 1.98. The third kappa shape index (κ3) is 2.10. The largest absolute Gasteiger partial charge is 0.497 e. The molecular weight excluding hydrogens is 308 g/mol. The topological polar surface area (TPSA) is 82.0 Å². The van der Waals surface area contributed by atoms with Crippen LogP contribution in [0.5, 0.6) is 11.6 Å². The molecule has 3 heterocycles. The molecule has 120 valence electrons. The van der Waals surface area contributed by atoms with E-state index in [2.05, 4.69) is 15.1 Å². The fraction of sp³-hybridized carbons (Fsp3) is 0.118. The number of hydrogen-bond donors (Lipinski definition) is 1. The highest BCUT2D eigenvalue weighted by molar-refractivity contribution is 6.02. The van der Waals surface area contributed by atoms with Crippen molar-refractivity contribution in [3.8, 4) is 17.3 Å². The summed E-state index contributed by atoms with van der Waals surface area (Å²) in [6.45, 7) is 0. The van der Waals surface area contributed by atoms with Crippen LogP contribution in [0.15, 0.2) is 47.5 Å². The Morgan fingerprint density at radius 2 is 1.79 bits per heavy atom. The van der Waals surface area contributed by atoms with Gasteiger partial charge in [0, 0.05) is 17.6 Å². The first kappa shape index (κ1) is 14.3. The molecule has 1 aromatic carbocycles. The highest BCUT2D eigenvalue weighted by atomic mass is 16.5. The van der Waals surface area contributed by atoms with Crippen molar-refractivity contribution in [1.29, 1.82) is 0 Å². The molecule has 0 fully saturated rings. The van der Waals surface area contributed by atoms with Crippen molar-refractivity contribution >= 4 is 21.8 Å². The first-order valence-electron chi connectivity index (χ1n) is 7.29. The standard InChI is InChI=1S/C17H14N4O3/c1-23-11-5-3-10(4-6-11)21-17(22)13-8-18-14-9-19-15(24-2)7-12(14)16(13)20-21/h3-9,20H,1-2H3. The van der Waals surface area contributed by atoms with Crippen LogP contribution in [0.1, 0.15) is 0 Å². The van der Waals surface area contributed by atoms with Crippen molar-refractivity contribution in [1.82, 2.24) is 19.7 Å². The SMILES string of the molecule is COc1ccc(-n2[nH]c3c(cnc4cnc(OC)cc43)c2=O)cc1. The van der Waals surface area contributed by atoms with Crippen LogP contribution in [0.25, 0.3) is 27.5 Å². The summed E-state index contributed by atoms with van der Waals surface area (Å²) in [5, 5.41) is 4.44. The first-order valence-corrected chi connectivity index (χ1v) is 7.29. The minimum Gasteiger partial charge on any atom is -0.497 e. The van der Waals surface area contributed by atoms with Crippen LogP contribution < -0.4 is 15.0 Å². The molecule has 4 rings (SSSR count). The molecule has 0 aliphatic carbocycles. The highest BCUT2D eigenvalue weighted by Crippen LogP contribution is 2.23. The molecule has 4 aromatic rings. The number of fused-ring (bicyclic) bond motifs is 3. The molecule has 0 aliphatic rings. The number of benzene rings is 1. The van der Waals surface area contributed by atoms with Crippen molar-refractivity contribution in [2.75, 3.05) is 14.2 Å². The van der Waals surface area contributed by atoms with Gasteiger partial charge in [0.15, 0.2) is 0 Å². The molecule has 0 radical (unpaired) electrons. The second kappa shape index (κ2) is 5.38. The molecular formula is C17H14N4O3. The van der Waals surface area contributed by atoms with Gasteiger partial charge in [-0.15, -0.1) is 0 Å². The van der Waals surface area contributed by atoms with Gasteiger partial charge in [-0.05, 0) is 24.3 Å². The van der Waals surface area contributed by atoms with E-state index in [1.165, 1.54) is 4.68 Å². The highest BCUT2D eigenvalue weighted by Gasteiger charge is 2.13. The molecule has 3 aromatic heterocycles. The molecule has 0 spiro atoms. The van der Waals surface area contributed by atoms with E-state index < -0.39 is 0 Å². The minimum atomic E-state index is -0.166. The number of aromatic nitrogens is 4. The Morgan fingerprint density at radius 3 is 2.50 bits per heavy atom. The summed E-state index contributed by atoms with van der Waals surface area (Å²) in [5.74, 6) is 1.20. The molecule has 0 atom stereocenters. The van der Waals surface area contributed by atoms with Gasteiger partial charge >= 0.3 is 0 Å². The zero-order valence-corrected chi connectivity index (χ0v) is 13.1. The van der Waals surface area contributed by atoms with Crippen LogP contribution >= 0.6 is 0 Å². The lowest BCUT2D eigenvalue weighted by atomic mass is 10.2. The zero-order chi connectivity index (χ0) is 16.7. The van der Waals surface area contributed by atoms with Crippen molar-refractivity contribution < 1.29 is 9.47 Å². The lowest BCUT2D eigenvalue weighted by Crippen LogP contribution is -2.14. The van der Waals surface area contributed by atoms with Crippen LogP contribution in [-0.4, -0.2) is 34.0 Å². The molecule has 7 heteroatoms. The maximum absolute atomic E-state index is 12.7. The second-order valence-electron chi connectivity index (χ2n) is 5.24. The van der Waals surface area contributed by atoms with Crippen LogP contribution in [0.3, 0.4) is 0 Å². The third-order valence-electron chi connectivity index (χ3n) is 3.93. The lowest BCUT2D eigenvalue weighted by Gasteiger charge is -2.03. The van der Waals surface area contributed by atoms with Crippen LogP contribution in [0, 0.1) is 0 Å². The van der Waals surface area contributed by atoms with E-state index in [4.69, 9.17) is 9.47 Å². The Hall–Kier alpha value is -3.35. The molecule has 7 nitrogen and oxygen atoms in total. The van der Waals surface area contributed by atoms with E-state index in [-0.39, 0.29) is 5.56 Å². The van der Waals surface area contributed by atoms with Crippen LogP contribution in [0.2, 0.25) is 0 Å². The van der Waals surface area contributed by atoms with E-state index in [0.29, 0.717) is 28.0 Å². The van der Waals surface area contributed by atoms with E-state index in [1.807, 2.05) is 12.1 Å². The Labute approximate surface area is 136 Å². The molecule has 0 amide bonds. The van der Waals surface area contributed by atoms with Crippen molar-refractivity contribution in [3.63, 3.8) is 0 Å². The van der Waals surface area contributed by atoms with Gasteiger partial charge in [0.2, 0.25) is 5.88 Å². The van der Waals surface area contributed by atoms with E-state index in [9.17, 15) is 4.79 Å². The van der Waals surface area contributed by atoms with Gasteiger partial charge in [-0.25, -0.2) is 9.67 Å². The quantitative estimate of drug-likeness (QED) is 0.626. The predicted molar refractivity (Wildman–Crippen MR) is 90.1 cm³/mol. The van der Waals surface area contributed by atoms with Gasteiger partial charge < -0.3 is 9.47 Å². The lowest BCUT2D eigenvalue weighted by molar-refractivity contribution is 0.398. The predicted octanol–water partition coefficient (Wildman–Crippen LogP) is 2.28. The summed E-state index contributed by atoms with van der Waals surface area (Å²) >= 11 is 0. The Kier molecular flexibility index (Phi) is 3.19. The fourth-order valence-electron chi connectivity index (χ4n) is 2.67. The van der Waals surface area contributed by atoms with Gasteiger partial charge in [0.25, 0.3) is 5.56 Å². The van der Waals surface area contributed by atoms with E-state index >= 15 is 0 Å². The van der Waals surface area contributed by atoms with Gasteiger partial charge in [0.1, 0.15) is 5.75 Å². The molecule has 0 saturated carbocycles. The number of rotatable bonds is 3. The number of nitrogens with one attached hydrogen (secondary N) is 1. The average molecular weight is 322 g/mol. The van der Waals surface area contributed by atoms with Gasteiger partial charge in [0.05, 0.1) is 42.5 Å². The fourth-order valence-corrected chi connectivity index (χ4v) is 2.67. The Bertz CT molecular complexity index is 1100. The number of H-pyrrole nitrogens is 1. The third-order valence-corrected chi connectivity index (χ3v) is 3.93. The average Bonchev–Trinajstić information content (AvgIpc) is 2.98. The van der Waals surface area contributed by atoms with Crippen LogP contribution in [0.4, 0.5) is 0 Å². The van der Waals surface area contributed by atoms with Crippen molar-refractivity contribution in [2.24, 2.45) is 0 Å². The van der Waals surface area contributed by atoms with Gasteiger partial charge in [-0.1, -0.05) is 0 Å². The summed E-state index contributed by atoms with van der Waals surface area (Å²) in [5.41, 5.74) is 1.93. The number of aromatic amines is 1. The normalized spacial score (nSPS) is 11.1. The van der Waals surface area contributed by atoms with E-state index in [1.54, 1.807) is 44.8 Å². The second-order valence-corrected chi connectivity index (χ2v) is 5.24. The molecule has 1 N–H and O–H groups in total. The molecule has 0 unspecified atom stereocenters. The smallest absolute Gasteiger partial charge is 0.280 e. The van der Waals surface area contributed by atoms with Crippen LogP contribution in [-0.2, 0) is 0 Å². The summed E-state index contributed by atoms with van der Waals surface area (Å²) in [7, 11) is 3.15. The van der Waals surface area contributed by atoms with Crippen molar-refractivity contribution in [2.45, 2.75) is 0 Å². The number of methoxy groups -OCH3 is 2. The zero-order valence-electron chi connectivity index (χ0n) is 13.1. The molecule has 0 bridgehead atoms. The summed E-state index contributed by atoms with van der Waals surface area (Å²) in [6, 6.07) is 8.99. The number of hydrogen-bond acceptors (Lipinski definition) is 5. The van der Waals surface area contributed by atoms with Gasteiger partial charge in [-0.3, -0.25) is 14.9 Å². The van der Waals surface area contributed by atoms with Crippen molar-refractivity contribution in [3.05, 3.63) is 53.1 Å². The number of ether oxygens (including phenoxy) is 2. The molecule has 0 saturated heterocycles. The summed E-state index contributed by atoms with van der Waals surface area (Å²) in [4.78, 5) is 21.1. The maximum Gasteiger partial charge on any atom is 0.280 e. The molecule has 24 heavy (non-hydrogen) atoms. The van der Waals surface area contributed by atoms with E-state index in [0.717, 1.165) is 11.1 Å². The number of pyridine rings is 2. The summed E-state index contributed by atoms with van der Waals surface area (Å²) < 4.78 is 11.8. The minimum absolute atomic E-state index is 0.166. The molecule has 0 aliphatic heterocycles. The number of nitrogens with zero attached hydrogens (tertiary/aromatic N) is 3. The Morgan fingerprint density at radius 1 is 1.00 bits per heavy atom. The monoisotopic (exact) mass is 322 g/mol. The first-order chi connectivity index (χ1) is 11.7. The van der Waals surface area contributed by atoms with Gasteiger partial charge in [-0.2, -0.15) is 0 Å².